The van der Waals surface area contributed by atoms with Crippen LogP contribution in [0.1, 0.15) is 10.4 Å². The van der Waals surface area contributed by atoms with Gasteiger partial charge in [-0.3, -0.25) is 0 Å². The van der Waals surface area contributed by atoms with Gasteiger partial charge in [0.25, 0.3) is 0 Å². The molecule has 1 aromatic heterocycles. The van der Waals surface area contributed by atoms with Gasteiger partial charge in [-0.1, -0.05) is 18.2 Å². The molecule has 0 fully saturated rings. The lowest BCUT2D eigenvalue weighted by Gasteiger charge is -2.06. The lowest BCUT2D eigenvalue weighted by atomic mass is 10.1. The normalized spacial score (nSPS) is 11.0. The van der Waals surface area contributed by atoms with Gasteiger partial charge in [0.2, 0.25) is 10.0 Å². The van der Waals surface area contributed by atoms with Gasteiger partial charge in [-0.25, -0.2) is 13.1 Å². The summed E-state index contributed by atoms with van der Waals surface area (Å²) in [4.78, 5) is 1.09. The fraction of sp³-hybridized carbons (Fsp3) is 0.286. The first-order valence-electron chi connectivity index (χ1n) is 6.39. The van der Waals surface area contributed by atoms with E-state index in [1.807, 2.05) is 41.8 Å². The Hall–Kier alpha value is -1.08. The largest absolute Gasteiger partial charge is 0.399 e. The summed E-state index contributed by atoms with van der Waals surface area (Å²) >= 11 is 1.58. The number of rotatable bonds is 7. The van der Waals surface area contributed by atoms with E-state index in [1.165, 1.54) is 0 Å². The van der Waals surface area contributed by atoms with Crippen molar-refractivity contribution in [2.24, 2.45) is 0 Å². The summed E-state index contributed by atoms with van der Waals surface area (Å²) in [7, 11) is -3.20. The van der Waals surface area contributed by atoms with E-state index in [-0.39, 0.29) is 18.2 Å². The standard InChI is InChI=1S/C14H18N2O2S2.ClH/c15-13-5-3-12(4-6-13)7-9-16-20(17,18)11-8-14-2-1-10-19-14;/h1-6,10,16H,7-9,11,15H2;1H. The van der Waals surface area contributed by atoms with E-state index < -0.39 is 10.0 Å². The molecular formula is C14H19ClN2O2S2. The van der Waals surface area contributed by atoms with Crippen LogP contribution in [0.25, 0.3) is 0 Å². The van der Waals surface area contributed by atoms with Crippen molar-refractivity contribution in [1.29, 1.82) is 0 Å². The predicted octanol–water partition coefficient (Wildman–Crippen LogP) is 2.46. The summed E-state index contributed by atoms with van der Waals surface area (Å²) in [6, 6.07) is 11.3. The van der Waals surface area contributed by atoms with E-state index in [0.717, 1.165) is 10.4 Å². The van der Waals surface area contributed by atoms with Gasteiger partial charge in [-0.05, 0) is 42.0 Å². The average Bonchev–Trinajstić information content (AvgIpc) is 2.92. The van der Waals surface area contributed by atoms with E-state index in [9.17, 15) is 8.42 Å². The molecule has 1 heterocycles. The number of anilines is 1. The van der Waals surface area contributed by atoms with Gasteiger partial charge in [0.05, 0.1) is 5.75 Å². The van der Waals surface area contributed by atoms with Crippen molar-refractivity contribution >= 4 is 39.5 Å². The van der Waals surface area contributed by atoms with Crippen LogP contribution in [0, 0.1) is 0 Å². The first-order valence-corrected chi connectivity index (χ1v) is 8.92. The first kappa shape index (κ1) is 18.0. The zero-order valence-electron chi connectivity index (χ0n) is 11.5. The second-order valence-corrected chi connectivity index (χ2v) is 7.49. The molecule has 0 saturated carbocycles. The Kier molecular flexibility index (Phi) is 7.17. The first-order chi connectivity index (χ1) is 9.55. The highest BCUT2D eigenvalue weighted by Gasteiger charge is 2.10. The van der Waals surface area contributed by atoms with E-state index >= 15 is 0 Å². The third kappa shape index (κ3) is 6.48. The molecule has 0 aliphatic heterocycles. The molecule has 0 aliphatic carbocycles. The molecule has 0 radical (unpaired) electrons. The number of nitrogen functional groups attached to an aromatic ring is 1. The van der Waals surface area contributed by atoms with Gasteiger partial charge in [-0.2, -0.15) is 0 Å². The molecule has 0 unspecified atom stereocenters. The van der Waals surface area contributed by atoms with E-state index in [0.29, 0.717) is 25.1 Å². The molecule has 2 aromatic rings. The number of thiophene rings is 1. The summed E-state index contributed by atoms with van der Waals surface area (Å²) < 4.78 is 26.3. The van der Waals surface area contributed by atoms with Crippen LogP contribution in [0.2, 0.25) is 0 Å². The Bertz CT molecular complexity index is 626. The molecule has 0 saturated heterocycles. The van der Waals surface area contributed by atoms with Crippen molar-refractivity contribution in [2.75, 3.05) is 18.0 Å². The number of benzene rings is 1. The van der Waals surface area contributed by atoms with Crippen LogP contribution < -0.4 is 10.5 Å². The second-order valence-electron chi connectivity index (χ2n) is 4.53. The van der Waals surface area contributed by atoms with Crippen LogP contribution in [0.15, 0.2) is 41.8 Å². The Morgan fingerprint density at radius 2 is 1.81 bits per heavy atom. The third-order valence-electron chi connectivity index (χ3n) is 2.91. The molecule has 0 amide bonds. The van der Waals surface area contributed by atoms with Crippen molar-refractivity contribution in [3.8, 4) is 0 Å². The maximum absolute atomic E-state index is 11.8. The van der Waals surface area contributed by atoms with E-state index in [4.69, 9.17) is 5.73 Å². The van der Waals surface area contributed by atoms with Gasteiger partial charge in [0, 0.05) is 17.1 Å². The van der Waals surface area contributed by atoms with Crippen LogP contribution in [-0.2, 0) is 22.9 Å². The third-order valence-corrected chi connectivity index (χ3v) is 5.23. The molecule has 0 atom stereocenters. The van der Waals surface area contributed by atoms with Gasteiger partial charge < -0.3 is 5.73 Å². The average molecular weight is 347 g/mol. The summed E-state index contributed by atoms with van der Waals surface area (Å²) in [6.07, 6.45) is 1.23. The van der Waals surface area contributed by atoms with E-state index in [1.54, 1.807) is 11.3 Å². The monoisotopic (exact) mass is 346 g/mol. The molecular weight excluding hydrogens is 328 g/mol. The van der Waals surface area contributed by atoms with Crippen LogP contribution in [0.5, 0.6) is 0 Å². The minimum Gasteiger partial charge on any atom is -0.399 e. The molecule has 2 rings (SSSR count). The topological polar surface area (TPSA) is 72.2 Å². The van der Waals surface area contributed by atoms with Gasteiger partial charge in [-0.15, -0.1) is 23.7 Å². The van der Waals surface area contributed by atoms with Crippen molar-refractivity contribution in [3.63, 3.8) is 0 Å². The number of aryl methyl sites for hydroxylation is 1. The second kappa shape index (κ2) is 8.38. The minimum atomic E-state index is -3.20. The summed E-state index contributed by atoms with van der Waals surface area (Å²) in [6.45, 7) is 0.413. The lowest BCUT2D eigenvalue weighted by Crippen LogP contribution is -2.29. The smallest absolute Gasteiger partial charge is 0.211 e. The summed E-state index contributed by atoms with van der Waals surface area (Å²) in [5, 5.41) is 1.95. The minimum absolute atomic E-state index is 0. The van der Waals surface area contributed by atoms with Crippen molar-refractivity contribution < 1.29 is 8.42 Å². The molecule has 3 N–H and O–H groups in total. The molecule has 116 valence electrons. The predicted molar refractivity (Wildman–Crippen MR) is 91.6 cm³/mol. The molecule has 7 heteroatoms. The van der Waals surface area contributed by atoms with Crippen molar-refractivity contribution in [2.45, 2.75) is 12.8 Å². The number of nitrogens with two attached hydrogens (primary N) is 1. The van der Waals surface area contributed by atoms with E-state index in [2.05, 4.69) is 4.72 Å². The van der Waals surface area contributed by atoms with Crippen LogP contribution in [-0.4, -0.2) is 20.7 Å². The maximum atomic E-state index is 11.8. The Labute approximate surface area is 135 Å². The summed E-state index contributed by atoms with van der Waals surface area (Å²) in [5.41, 5.74) is 7.38. The van der Waals surface area contributed by atoms with Crippen molar-refractivity contribution in [1.82, 2.24) is 4.72 Å². The Balaban J connectivity index is 0.00000220. The Morgan fingerprint density at radius 3 is 2.43 bits per heavy atom. The SMILES string of the molecule is Cl.Nc1ccc(CCNS(=O)(=O)CCc2cccs2)cc1. The highest BCUT2D eigenvalue weighted by molar-refractivity contribution is 7.89. The van der Waals surface area contributed by atoms with Crippen LogP contribution in [0.4, 0.5) is 5.69 Å². The molecule has 4 nitrogen and oxygen atoms in total. The highest BCUT2D eigenvalue weighted by Crippen LogP contribution is 2.10. The fourth-order valence-electron chi connectivity index (χ4n) is 1.80. The molecule has 0 bridgehead atoms. The lowest BCUT2D eigenvalue weighted by molar-refractivity contribution is 0.581. The van der Waals surface area contributed by atoms with Crippen LogP contribution in [0.3, 0.4) is 0 Å². The molecule has 0 aliphatic rings. The molecule has 0 spiro atoms. The number of halogens is 1. The Morgan fingerprint density at radius 1 is 1.10 bits per heavy atom. The number of hydrogen-bond donors (Lipinski definition) is 2. The van der Waals surface area contributed by atoms with Crippen LogP contribution >= 0.6 is 23.7 Å². The maximum Gasteiger partial charge on any atom is 0.211 e. The fourth-order valence-corrected chi connectivity index (χ4v) is 3.68. The molecule has 21 heavy (non-hydrogen) atoms. The van der Waals surface area contributed by atoms with Crippen molar-refractivity contribution in [3.05, 3.63) is 52.2 Å². The number of hydrogen-bond acceptors (Lipinski definition) is 4. The number of sulfonamides is 1. The van der Waals surface area contributed by atoms with Gasteiger partial charge in [0.1, 0.15) is 0 Å². The van der Waals surface area contributed by atoms with Gasteiger partial charge in [0.15, 0.2) is 0 Å². The zero-order valence-corrected chi connectivity index (χ0v) is 13.9. The zero-order chi connectivity index (χ0) is 14.4. The molecule has 1 aromatic carbocycles. The number of nitrogens with one attached hydrogen (secondary N) is 1. The van der Waals surface area contributed by atoms with Gasteiger partial charge >= 0.3 is 0 Å². The summed E-state index contributed by atoms with van der Waals surface area (Å²) in [5.74, 6) is 0.134. The highest BCUT2D eigenvalue weighted by atomic mass is 35.5. The quantitative estimate of drug-likeness (QED) is 0.756.